The molecule has 0 spiro atoms. The van der Waals surface area contributed by atoms with Crippen molar-refractivity contribution >= 4 is 11.6 Å². The summed E-state index contributed by atoms with van der Waals surface area (Å²) >= 11 is 6.05. The van der Waals surface area contributed by atoms with E-state index in [1.165, 1.54) is 12.1 Å². The Bertz CT molecular complexity index is 351. The van der Waals surface area contributed by atoms with Crippen LogP contribution in [0.2, 0.25) is 0 Å². The van der Waals surface area contributed by atoms with Crippen LogP contribution in [-0.2, 0) is 11.2 Å². The first kappa shape index (κ1) is 15.1. The maximum Gasteiger partial charge on any atom is 0.573 e. The van der Waals surface area contributed by atoms with E-state index in [1.54, 1.807) is 19.2 Å². The van der Waals surface area contributed by atoms with Gasteiger partial charge in [-0.2, -0.15) is 0 Å². The SMILES string of the molecule is COCCC(Cl)Cc1ccc(OC(F)(F)F)cc1. The largest absolute Gasteiger partial charge is 0.573 e. The first-order valence-electron chi connectivity index (χ1n) is 5.38. The van der Waals surface area contributed by atoms with E-state index in [-0.39, 0.29) is 11.1 Å². The van der Waals surface area contributed by atoms with Crippen molar-refractivity contribution in [3.8, 4) is 5.75 Å². The molecule has 1 rings (SSSR count). The summed E-state index contributed by atoms with van der Waals surface area (Å²) in [7, 11) is 1.59. The van der Waals surface area contributed by atoms with Gasteiger partial charge in [-0.25, -0.2) is 0 Å². The van der Waals surface area contributed by atoms with Crippen molar-refractivity contribution in [1.82, 2.24) is 0 Å². The van der Waals surface area contributed by atoms with Crippen LogP contribution in [0.4, 0.5) is 13.2 Å². The van der Waals surface area contributed by atoms with Gasteiger partial charge in [0.05, 0.1) is 0 Å². The lowest BCUT2D eigenvalue weighted by atomic mass is 10.1. The van der Waals surface area contributed by atoms with E-state index in [4.69, 9.17) is 16.3 Å². The van der Waals surface area contributed by atoms with Gasteiger partial charge >= 0.3 is 6.36 Å². The molecule has 0 bridgehead atoms. The van der Waals surface area contributed by atoms with E-state index in [2.05, 4.69) is 4.74 Å². The highest BCUT2D eigenvalue weighted by molar-refractivity contribution is 6.20. The molecule has 2 nitrogen and oxygen atoms in total. The molecule has 0 radical (unpaired) electrons. The average molecular weight is 283 g/mol. The Balaban J connectivity index is 2.50. The number of hydrogen-bond acceptors (Lipinski definition) is 2. The summed E-state index contributed by atoms with van der Waals surface area (Å²) in [5.74, 6) is -0.228. The van der Waals surface area contributed by atoms with Crippen molar-refractivity contribution in [3.63, 3.8) is 0 Å². The standard InChI is InChI=1S/C12H14ClF3O2/c1-17-7-6-10(13)8-9-2-4-11(5-3-9)18-12(14,15)16/h2-5,10H,6-8H2,1H3. The van der Waals surface area contributed by atoms with Crippen LogP contribution in [-0.4, -0.2) is 25.5 Å². The predicted octanol–water partition coefficient (Wildman–Crippen LogP) is 3.77. The molecule has 0 saturated heterocycles. The van der Waals surface area contributed by atoms with Crippen molar-refractivity contribution in [3.05, 3.63) is 29.8 Å². The van der Waals surface area contributed by atoms with Crippen LogP contribution in [0.5, 0.6) is 5.75 Å². The molecule has 102 valence electrons. The van der Waals surface area contributed by atoms with Crippen molar-refractivity contribution in [2.75, 3.05) is 13.7 Å². The summed E-state index contributed by atoms with van der Waals surface area (Å²) in [6.07, 6.45) is -3.38. The van der Waals surface area contributed by atoms with E-state index in [0.717, 1.165) is 5.56 Å². The Morgan fingerprint density at radius 1 is 1.22 bits per heavy atom. The minimum absolute atomic E-state index is 0.0978. The van der Waals surface area contributed by atoms with E-state index in [0.29, 0.717) is 19.4 Å². The molecule has 1 unspecified atom stereocenters. The minimum atomic E-state index is -4.66. The summed E-state index contributed by atoms with van der Waals surface area (Å²) in [6.45, 7) is 0.559. The van der Waals surface area contributed by atoms with Crippen molar-refractivity contribution in [2.24, 2.45) is 0 Å². The number of rotatable bonds is 6. The number of benzene rings is 1. The third kappa shape index (κ3) is 6.12. The molecule has 0 fully saturated rings. The van der Waals surface area contributed by atoms with E-state index in [9.17, 15) is 13.2 Å². The lowest BCUT2D eigenvalue weighted by Crippen LogP contribution is -2.17. The smallest absolute Gasteiger partial charge is 0.406 e. The molecule has 0 aliphatic carbocycles. The van der Waals surface area contributed by atoms with Crippen molar-refractivity contribution in [1.29, 1.82) is 0 Å². The summed E-state index contributed by atoms with van der Waals surface area (Å²) in [5, 5.41) is -0.0978. The van der Waals surface area contributed by atoms with Crippen LogP contribution < -0.4 is 4.74 Å². The number of halogens is 4. The monoisotopic (exact) mass is 282 g/mol. The number of ether oxygens (including phenoxy) is 2. The Morgan fingerprint density at radius 2 is 1.83 bits per heavy atom. The van der Waals surface area contributed by atoms with Crippen LogP contribution in [0.1, 0.15) is 12.0 Å². The van der Waals surface area contributed by atoms with E-state index >= 15 is 0 Å². The Hall–Kier alpha value is -0.940. The van der Waals surface area contributed by atoms with E-state index in [1.807, 2.05) is 0 Å². The number of hydrogen-bond donors (Lipinski definition) is 0. The Morgan fingerprint density at radius 3 is 2.33 bits per heavy atom. The molecule has 6 heteroatoms. The fourth-order valence-corrected chi connectivity index (χ4v) is 1.70. The van der Waals surface area contributed by atoms with Gasteiger partial charge in [0.25, 0.3) is 0 Å². The molecule has 0 heterocycles. The quantitative estimate of drug-likeness (QED) is 0.740. The maximum absolute atomic E-state index is 11.9. The third-order valence-corrected chi connectivity index (χ3v) is 2.62. The normalized spacial score (nSPS) is 13.4. The zero-order chi connectivity index (χ0) is 13.6. The van der Waals surface area contributed by atoms with Gasteiger partial charge in [-0.05, 0) is 30.5 Å². The Labute approximate surface area is 109 Å². The lowest BCUT2D eigenvalue weighted by Gasteiger charge is -2.11. The van der Waals surface area contributed by atoms with Gasteiger partial charge < -0.3 is 9.47 Å². The van der Waals surface area contributed by atoms with Gasteiger partial charge in [0.15, 0.2) is 0 Å². The van der Waals surface area contributed by atoms with Gasteiger partial charge in [-0.15, -0.1) is 24.8 Å². The second-order valence-corrected chi connectivity index (χ2v) is 4.39. The highest BCUT2D eigenvalue weighted by Crippen LogP contribution is 2.23. The molecular formula is C12H14ClF3O2. The molecule has 0 aliphatic rings. The maximum atomic E-state index is 11.9. The summed E-state index contributed by atoms with van der Waals surface area (Å²) < 4.78 is 44.5. The van der Waals surface area contributed by atoms with Crippen LogP contribution in [0, 0.1) is 0 Å². The van der Waals surface area contributed by atoms with Gasteiger partial charge in [0.2, 0.25) is 0 Å². The molecule has 1 aromatic rings. The van der Waals surface area contributed by atoms with Crippen molar-refractivity contribution in [2.45, 2.75) is 24.6 Å². The topological polar surface area (TPSA) is 18.5 Å². The van der Waals surface area contributed by atoms with Crippen LogP contribution >= 0.6 is 11.6 Å². The van der Waals surface area contributed by atoms with Gasteiger partial charge in [-0.1, -0.05) is 12.1 Å². The molecule has 18 heavy (non-hydrogen) atoms. The number of methoxy groups -OCH3 is 1. The zero-order valence-electron chi connectivity index (χ0n) is 9.84. The van der Waals surface area contributed by atoms with E-state index < -0.39 is 6.36 Å². The molecule has 0 saturated carbocycles. The molecule has 0 aliphatic heterocycles. The summed E-state index contributed by atoms with van der Waals surface area (Å²) in [4.78, 5) is 0. The highest BCUT2D eigenvalue weighted by Gasteiger charge is 2.30. The van der Waals surface area contributed by atoms with Crippen molar-refractivity contribution < 1.29 is 22.6 Å². The zero-order valence-corrected chi connectivity index (χ0v) is 10.6. The van der Waals surface area contributed by atoms with Crippen LogP contribution in [0.25, 0.3) is 0 Å². The summed E-state index contributed by atoms with van der Waals surface area (Å²) in [6, 6.07) is 5.71. The Kier molecular flexibility index (Phi) is 5.75. The third-order valence-electron chi connectivity index (χ3n) is 2.25. The van der Waals surface area contributed by atoms with Crippen LogP contribution in [0.3, 0.4) is 0 Å². The molecule has 1 aromatic carbocycles. The molecule has 1 atom stereocenters. The molecule has 0 N–H and O–H groups in total. The lowest BCUT2D eigenvalue weighted by molar-refractivity contribution is -0.274. The average Bonchev–Trinajstić information content (AvgIpc) is 2.27. The number of alkyl halides is 4. The second-order valence-electron chi connectivity index (χ2n) is 3.77. The predicted molar refractivity (Wildman–Crippen MR) is 63.0 cm³/mol. The minimum Gasteiger partial charge on any atom is -0.406 e. The second kappa shape index (κ2) is 6.85. The molecule has 0 amide bonds. The molecule has 0 aromatic heterocycles. The first-order chi connectivity index (χ1) is 8.40. The molecular weight excluding hydrogens is 269 g/mol. The summed E-state index contributed by atoms with van der Waals surface area (Å²) in [5.41, 5.74) is 0.862. The van der Waals surface area contributed by atoms with Crippen LogP contribution in [0.15, 0.2) is 24.3 Å². The highest BCUT2D eigenvalue weighted by atomic mass is 35.5. The van der Waals surface area contributed by atoms with Gasteiger partial charge in [0, 0.05) is 19.1 Å². The van der Waals surface area contributed by atoms with Gasteiger partial charge in [-0.3, -0.25) is 0 Å². The first-order valence-corrected chi connectivity index (χ1v) is 5.82. The fourth-order valence-electron chi connectivity index (χ4n) is 1.43. The van der Waals surface area contributed by atoms with Gasteiger partial charge in [0.1, 0.15) is 5.75 Å². The fraction of sp³-hybridized carbons (Fsp3) is 0.500.